The summed E-state index contributed by atoms with van der Waals surface area (Å²) in [7, 11) is 1.77. The van der Waals surface area contributed by atoms with Crippen LogP contribution in [0.4, 0.5) is 0 Å². The molecule has 86 valence electrons. The van der Waals surface area contributed by atoms with Crippen LogP contribution >= 0.6 is 0 Å². The second-order valence-corrected chi connectivity index (χ2v) is 4.13. The van der Waals surface area contributed by atoms with E-state index < -0.39 is 0 Å². The largest absolute Gasteiger partial charge is 0.337 e. The fourth-order valence-electron chi connectivity index (χ4n) is 2.09. The van der Waals surface area contributed by atoms with Crippen LogP contribution < -0.4 is 0 Å². The van der Waals surface area contributed by atoms with Gasteiger partial charge in [0, 0.05) is 11.2 Å². The van der Waals surface area contributed by atoms with E-state index in [0.29, 0.717) is 6.54 Å². The molecule has 0 saturated carbocycles. The molecular formula is C12H13N5. The first-order valence-corrected chi connectivity index (χ1v) is 5.52. The number of hydrogen-bond acceptors (Lipinski definition) is 3. The van der Waals surface area contributed by atoms with Gasteiger partial charge in [0.2, 0.25) is 0 Å². The lowest BCUT2D eigenvalue weighted by Gasteiger charge is -2.04. The Morgan fingerprint density at radius 1 is 1.24 bits per heavy atom. The Kier molecular flexibility index (Phi) is 2.18. The summed E-state index contributed by atoms with van der Waals surface area (Å²) in [5, 5.41) is 13.3. The van der Waals surface area contributed by atoms with Gasteiger partial charge in [-0.1, -0.05) is 18.2 Å². The van der Waals surface area contributed by atoms with Crippen LogP contribution in [-0.2, 0) is 13.6 Å². The Labute approximate surface area is 98.7 Å². The normalized spacial score (nSPS) is 11.2. The van der Waals surface area contributed by atoms with Crippen LogP contribution in [0.1, 0.15) is 11.5 Å². The number of rotatable bonds is 2. The van der Waals surface area contributed by atoms with Gasteiger partial charge in [-0.15, -0.1) is 10.2 Å². The van der Waals surface area contributed by atoms with E-state index in [1.54, 1.807) is 7.05 Å². The average Bonchev–Trinajstić information content (AvgIpc) is 2.85. The molecule has 3 rings (SSSR count). The first-order valence-electron chi connectivity index (χ1n) is 5.52. The van der Waals surface area contributed by atoms with Crippen molar-refractivity contribution in [2.75, 3.05) is 0 Å². The molecule has 2 heterocycles. The summed E-state index contributed by atoms with van der Waals surface area (Å²) >= 11 is 0. The molecule has 0 N–H and O–H groups in total. The maximum Gasteiger partial charge on any atom is 0.194 e. The predicted molar refractivity (Wildman–Crippen MR) is 64.6 cm³/mol. The molecule has 0 atom stereocenters. The van der Waals surface area contributed by atoms with Crippen LogP contribution in [-0.4, -0.2) is 24.8 Å². The van der Waals surface area contributed by atoms with Crippen LogP contribution in [0, 0.1) is 6.92 Å². The van der Waals surface area contributed by atoms with Crippen molar-refractivity contribution in [3.63, 3.8) is 0 Å². The van der Waals surface area contributed by atoms with Crippen LogP contribution in [0.5, 0.6) is 0 Å². The molecule has 1 aromatic carbocycles. The Bertz CT molecular complexity index is 664. The highest BCUT2D eigenvalue weighted by Gasteiger charge is 2.08. The molecule has 0 unspecified atom stereocenters. The lowest BCUT2D eigenvalue weighted by molar-refractivity contribution is 0.625. The summed E-state index contributed by atoms with van der Waals surface area (Å²) in [5.74, 6) is 0.733. The lowest BCUT2D eigenvalue weighted by atomic mass is 10.2. The smallest absolute Gasteiger partial charge is 0.194 e. The fourth-order valence-corrected chi connectivity index (χ4v) is 2.09. The van der Waals surface area contributed by atoms with Gasteiger partial charge in [-0.3, -0.25) is 0 Å². The highest BCUT2D eigenvalue weighted by molar-refractivity contribution is 5.81. The molecule has 0 bridgehead atoms. The topological polar surface area (TPSA) is 48.5 Å². The third kappa shape index (κ3) is 1.69. The van der Waals surface area contributed by atoms with E-state index in [-0.39, 0.29) is 0 Å². The van der Waals surface area contributed by atoms with Gasteiger partial charge >= 0.3 is 0 Å². The summed E-state index contributed by atoms with van der Waals surface area (Å²) in [5.41, 5.74) is 2.41. The highest BCUT2D eigenvalue weighted by Crippen LogP contribution is 2.19. The van der Waals surface area contributed by atoms with E-state index in [1.807, 2.05) is 12.1 Å². The van der Waals surface area contributed by atoms with Crippen molar-refractivity contribution in [3.8, 4) is 0 Å². The van der Waals surface area contributed by atoms with Crippen molar-refractivity contribution in [3.05, 3.63) is 41.9 Å². The van der Waals surface area contributed by atoms with E-state index in [4.69, 9.17) is 0 Å². The van der Waals surface area contributed by atoms with Gasteiger partial charge in [0.25, 0.3) is 0 Å². The number of tetrazole rings is 1. The minimum absolute atomic E-state index is 0.660. The molecular weight excluding hydrogens is 214 g/mol. The number of benzene rings is 1. The molecule has 0 aliphatic heterocycles. The van der Waals surface area contributed by atoms with E-state index in [9.17, 15) is 0 Å². The zero-order valence-corrected chi connectivity index (χ0v) is 9.83. The molecule has 0 aliphatic carbocycles. The molecule has 5 nitrogen and oxygen atoms in total. The lowest BCUT2D eigenvalue weighted by Crippen LogP contribution is -2.03. The van der Waals surface area contributed by atoms with Crippen molar-refractivity contribution in [1.82, 2.24) is 24.8 Å². The minimum Gasteiger partial charge on any atom is -0.337 e. The van der Waals surface area contributed by atoms with Crippen LogP contribution in [0.3, 0.4) is 0 Å². The minimum atomic E-state index is 0.660. The molecule has 2 aromatic heterocycles. The van der Waals surface area contributed by atoms with Gasteiger partial charge in [-0.2, -0.15) is 4.80 Å². The van der Waals surface area contributed by atoms with Crippen molar-refractivity contribution < 1.29 is 0 Å². The molecule has 17 heavy (non-hydrogen) atoms. The Hall–Kier alpha value is -2.17. The zero-order chi connectivity index (χ0) is 11.8. The summed E-state index contributed by atoms with van der Waals surface area (Å²) in [6, 6.07) is 10.5. The fraction of sp³-hybridized carbons (Fsp3) is 0.250. The number of hydrogen-bond donors (Lipinski definition) is 0. The summed E-state index contributed by atoms with van der Waals surface area (Å²) < 4.78 is 2.20. The Morgan fingerprint density at radius 2 is 2.06 bits per heavy atom. The molecule has 0 spiro atoms. The first-order chi connectivity index (χ1) is 8.24. The average molecular weight is 227 g/mol. The molecule has 0 amide bonds. The second kappa shape index (κ2) is 3.69. The Balaban J connectivity index is 2.08. The third-order valence-corrected chi connectivity index (χ3v) is 2.87. The number of aryl methyl sites for hydroxylation is 2. The van der Waals surface area contributed by atoms with Gasteiger partial charge in [0.15, 0.2) is 5.82 Å². The van der Waals surface area contributed by atoms with E-state index in [0.717, 1.165) is 5.82 Å². The Morgan fingerprint density at radius 3 is 2.82 bits per heavy atom. The van der Waals surface area contributed by atoms with E-state index in [2.05, 4.69) is 45.1 Å². The van der Waals surface area contributed by atoms with Crippen molar-refractivity contribution in [1.29, 1.82) is 0 Å². The summed E-state index contributed by atoms with van der Waals surface area (Å²) in [6.45, 7) is 2.75. The zero-order valence-electron chi connectivity index (χ0n) is 9.83. The van der Waals surface area contributed by atoms with Gasteiger partial charge in [-0.05, 0) is 29.7 Å². The second-order valence-electron chi connectivity index (χ2n) is 4.13. The maximum absolute atomic E-state index is 4.21. The predicted octanol–water partition coefficient (Wildman–Crippen LogP) is 1.52. The molecule has 5 heteroatoms. The quantitative estimate of drug-likeness (QED) is 0.667. The van der Waals surface area contributed by atoms with Crippen LogP contribution in [0.25, 0.3) is 10.9 Å². The molecule has 0 saturated heterocycles. The number of fused-ring (bicyclic) bond motifs is 1. The molecule has 0 fully saturated rings. The van der Waals surface area contributed by atoms with Crippen molar-refractivity contribution in [2.24, 2.45) is 7.05 Å². The molecule has 0 aliphatic rings. The van der Waals surface area contributed by atoms with Crippen molar-refractivity contribution >= 4 is 10.9 Å². The third-order valence-electron chi connectivity index (χ3n) is 2.87. The number of para-hydroxylation sites is 1. The van der Waals surface area contributed by atoms with Gasteiger partial charge in [0.05, 0.1) is 13.6 Å². The van der Waals surface area contributed by atoms with Gasteiger partial charge in [-0.25, -0.2) is 0 Å². The van der Waals surface area contributed by atoms with E-state index >= 15 is 0 Å². The standard InChI is InChI=1S/C12H13N5/c1-9-7-10-5-3-4-6-11(10)17(9)8-12-13-15-16(2)14-12/h3-7H,8H2,1-2H3. The highest BCUT2D eigenvalue weighted by atomic mass is 15.6. The maximum atomic E-state index is 4.21. The summed E-state index contributed by atoms with van der Waals surface area (Å²) in [6.07, 6.45) is 0. The van der Waals surface area contributed by atoms with Gasteiger partial charge in [0.1, 0.15) is 0 Å². The molecule has 0 radical (unpaired) electrons. The molecule has 3 aromatic rings. The SMILES string of the molecule is Cc1cc2ccccc2n1Cc1nnn(C)n1. The van der Waals surface area contributed by atoms with E-state index in [1.165, 1.54) is 21.4 Å². The summed E-state index contributed by atoms with van der Waals surface area (Å²) in [4.78, 5) is 1.48. The van der Waals surface area contributed by atoms with Crippen molar-refractivity contribution in [2.45, 2.75) is 13.5 Å². The van der Waals surface area contributed by atoms with Crippen LogP contribution in [0.2, 0.25) is 0 Å². The van der Waals surface area contributed by atoms with Gasteiger partial charge < -0.3 is 4.57 Å². The number of nitrogens with zero attached hydrogens (tertiary/aromatic N) is 5. The van der Waals surface area contributed by atoms with Crippen LogP contribution in [0.15, 0.2) is 30.3 Å². The number of aromatic nitrogens is 5. The first kappa shape index (κ1) is 10.0. The monoisotopic (exact) mass is 227 g/mol.